The molecule has 1 aromatic rings. The van der Waals surface area contributed by atoms with Gasteiger partial charge in [0.05, 0.1) is 14.3 Å². The van der Waals surface area contributed by atoms with Crippen molar-refractivity contribution in [3.05, 3.63) is 24.8 Å². The number of phenols is 1. The van der Waals surface area contributed by atoms with Crippen LogP contribution in [0.1, 0.15) is 5.56 Å². The Labute approximate surface area is 133 Å². The monoisotopic (exact) mass is 482 g/mol. The SMILES string of the molecule is COC(=O)C(N)Cc1cc(I)c(O)c(I)c1.[Cl-]. The largest absolute Gasteiger partial charge is 1.00 e. The average molecular weight is 482 g/mol. The Morgan fingerprint density at radius 3 is 2.35 bits per heavy atom. The van der Waals surface area contributed by atoms with E-state index in [1.807, 2.05) is 45.2 Å². The van der Waals surface area contributed by atoms with Crippen LogP contribution in [0.2, 0.25) is 0 Å². The number of halogens is 3. The predicted molar refractivity (Wildman–Crippen MR) is 77.2 cm³/mol. The van der Waals surface area contributed by atoms with Crippen molar-refractivity contribution in [1.29, 1.82) is 0 Å². The molecule has 0 aliphatic carbocycles. The molecule has 1 unspecified atom stereocenters. The maximum Gasteiger partial charge on any atom is 0.322 e. The lowest BCUT2D eigenvalue weighted by atomic mass is 10.1. The fraction of sp³-hybridized carbons (Fsp3) is 0.300. The summed E-state index contributed by atoms with van der Waals surface area (Å²) in [5.74, 6) is -0.172. The summed E-state index contributed by atoms with van der Waals surface area (Å²) in [5.41, 5.74) is 6.56. The molecule has 4 nitrogen and oxygen atoms in total. The van der Waals surface area contributed by atoms with Crippen LogP contribution >= 0.6 is 45.2 Å². The van der Waals surface area contributed by atoms with E-state index in [1.54, 1.807) is 12.1 Å². The molecule has 7 heteroatoms. The average Bonchev–Trinajstić information content (AvgIpc) is 2.24. The predicted octanol–water partition coefficient (Wildman–Crippen LogP) is -1.35. The van der Waals surface area contributed by atoms with Gasteiger partial charge in [0, 0.05) is 0 Å². The van der Waals surface area contributed by atoms with Crippen molar-refractivity contribution in [2.45, 2.75) is 12.5 Å². The number of benzene rings is 1. The van der Waals surface area contributed by atoms with Crippen molar-refractivity contribution < 1.29 is 27.0 Å². The Kier molecular flexibility index (Phi) is 7.68. The van der Waals surface area contributed by atoms with Crippen molar-refractivity contribution >= 4 is 51.2 Å². The molecule has 17 heavy (non-hydrogen) atoms. The van der Waals surface area contributed by atoms with Crippen LogP contribution in [0.3, 0.4) is 0 Å². The van der Waals surface area contributed by atoms with Crippen LogP contribution in [0.15, 0.2) is 12.1 Å². The molecule has 3 N–H and O–H groups in total. The standard InChI is InChI=1S/C10H11I2NO3.ClH/c1-16-10(15)8(13)4-5-2-6(11)9(14)7(12)3-5;/h2-3,8,14H,4,13H2,1H3;1H/p-1. The Balaban J connectivity index is 0.00000256. The minimum atomic E-state index is -0.666. The zero-order chi connectivity index (χ0) is 12.3. The highest BCUT2D eigenvalue weighted by atomic mass is 127. The van der Waals surface area contributed by atoms with E-state index in [0.29, 0.717) is 6.42 Å². The molecule has 1 atom stereocenters. The van der Waals surface area contributed by atoms with Gasteiger partial charge >= 0.3 is 5.97 Å². The van der Waals surface area contributed by atoms with Gasteiger partial charge in [0.25, 0.3) is 0 Å². The number of rotatable bonds is 3. The molecule has 0 saturated heterocycles. The van der Waals surface area contributed by atoms with Gasteiger partial charge in [0.15, 0.2) is 0 Å². The normalized spacial score (nSPS) is 11.5. The summed E-state index contributed by atoms with van der Waals surface area (Å²) in [7, 11) is 1.31. The van der Waals surface area contributed by atoms with Crippen LogP contribution in [-0.2, 0) is 16.0 Å². The van der Waals surface area contributed by atoms with Gasteiger partial charge in [-0.15, -0.1) is 0 Å². The number of methoxy groups -OCH3 is 1. The molecular weight excluding hydrogens is 471 g/mol. The third-order valence-corrected chi connectivity index (χ3v) is 3.68. The van der Waals surface area contributed by atoms with E-state index in [2.05, 4.69) is 4.74 Å². The fourth-order valence-corrected chi connectivity index (χ4v) is 3.12. The van der Waals surface area contributed by atoms with Crippen molar-refractivity contribution in [1.82, 2.24) is 0 Å². The van der Waals surface area contributed by atoms with Crippen molar-refractivity contribution in [2.24, 2.45) is 5.73 Å². The number of nitrogens with two attached hydrogens (primary N) is 1. The van der Waals surface area contributed by atoms with E-state index >= 15 is 0 Å². The van der Waals surface area contributed by atoms with Gasteiger partial charge in [-0.25, -0.2) is 0 Å². The number of carbonyl (C=O) groups excluding carboxylic acids is 1. The van der Waals surface area contributed by atoms with Gasteiger partial charge in [-0.05, 0) is 69.3 Å². The lowest BCUT2D eigenvalue weighted by Gasteiger charge is -2.10. The van der Waals surface area contributed by atoms with Crippen molar-refractivity contribution in [3.63, 3.8) is 0 Å². The summed E-state index contributed by atoms with van der Waals surface area (Å²) in [6, 6.07) is 2.95. The molecule has 1 aromatic carbocycles. The molecule has 0 bridgehead atoms. The molecule has 0 heterocycles. The maximum atomic E-state index is 11.2. The lowest BCUT2D eigenvalue weighted by molar-refractivity contribution is -0.142. The first kappa shape index (κ1) is 17.2. The molecule has 96 valence electrons. The Morgan fingerprint density at radius 2 is 1.94 bits per heavy atom. The number of aromatic hydroxyl groups is 1. The molecule has 0 aliphatic heterocycles. The first-order valence-corrected chi connectivity index (χ1v) is 6.61. The summed E-state index contributed by atoms with van der Waals surface area (Å²) in [6.45, 7) is 0. The van der Waals surface area contributed by atoms with Gasteiger partial charge in [0.1, 0.15) is 11.8 Å². The number of hydrogen-bond donors (Lipinski definition) is 2. The van der Waals surface area contributed by atoms with Crippen LogP contribution in [-0.4, -0.2) is 24.2 Å². The second-order valence-electron chi connectivity index (χ2n) is 3.24. The number of hydrogen-bond acceptors (Lipinski definition) is 4. The number of phenolic OH excluding ortho intramolecular Hbond substituents is 1. The second kappa shape index (κ2) is 7.59. The van der Waals surface area contributed by atoms with Crippen molar-refractivity contribution in [2.75, 3.05) is 7.11 Å². The lowest BCUT2D eigenvalue weighted by Crippen LogP contribution is -3.00. The minimum Gasteiger partial charge on any atom is -1.00 e. The number of carbonyl (C=O) groups is 1. The van der Waals surface area contributed by atoms with Crippen LogP contribution in [0, 0.1) is 7.14 Å². The van der Waals surface area contributed by atoms with E-state index in [0.717, 1.165) is 12.7 Å². The third-order valence-electron chi connectivity index (χ3n) is 2.04. The highest BCUT2D eigenvalue weighted by Gasteiger charge is 2.15. The summed E-state index contributed by atoms with van der Waals surface area (Å²) >= 11 is 4.07. The van der Waals surface area contributed by atoms with E-state index in [-0.39, 0.29) is 18.2 Å². The van der Waals surface area contributed by atoms with Gasteiger partial charge in [-0.1, -0.05) is 0 Å². The zero-order valence-corrected chi connectivity index (χ0v) is 14.0. The summed E-state index contributed by atoms with van der Waals surface area (Å²) in [5, 5.41) is 9.58. The zero-order valence-electron chi connectivity index (χ0n) is 8.91. The summed E-state index contributed by atoms with van der Waals surface area (Å²) in [6.07, 6.45) is 0.402. The van der Waals surface area contributed by atoms with Crippen LogP contribution in [0.25, 0.3) is 0 Å². The topological polar surface area (TPSA) is 72.5 Å². The van der Waals surface area contributed by atoms with Gasteiger partial charge < -0.3 is 28.0 Å². The summed E-state index contributed by atoms with van der Waals surface area (Å²) in [4.78, 5) is 11.2. The minimum absolute atomic E-state index is 0. The van der Waals surface area contributed by atoms with Gasteiger partial charge in [-0.2, -0.15) is 0 Å². The molecule has 0 aliphatic rings. The van der Waals surface area contributed by atoms with E-state index in [1.165, 1.54) is 7.11 Å². The Bertz CT molecular complexity index is 392. The van der Waals surface area contributed by atoms with Crippen molar-refractivity contribution in [3.8, 4) is 5.75 Å². The highest BCUT2D eigenvalue weighted by molar-refractivity contribution is 14.1. The summed E-state index contributed by atoms with van der Waals surface area (Å²) < 4.78 is 6.04. The molecular formula is C10H11ClI2NO3-. The maximum absolute atomic E-state index is 11.2. The highest BCUT2D eigenvalue weighted by Crippen LogP contribution is 2.27. The second-order valence-corrected chi connectivity index (χ2v) is 5.57. The number of esters is 1. The molecule has 0 radical (unpaired) electrons. The molecule has 1 rings (SSSR count). The number of ether oxygens (including phenoxy) is 1. The first-order chi connectivity index (χ1) is 7.45. The molecule has 0 aromatic heterocycles. The van der Waals surface area contributed by atoms with E-state index in [4.69, 9.17) is 5.73 Å². The quantitative estimate of drug-likeness (QED) is 0.413. The van der Waals surface area contributed by atoms with E-state index in [9.17, 15) is 9.90 Å². The van der Waals surface area contributed by atoms with Gasteiger partial charge in [-0.3, -0.25) is 4.79 Å². The van der Waals surface area contributed by atoms with Crippen LogP contribution < -0.4 is 18.1 Å². The Morgan fingerprint density at radius 1 is 1.47 bits per heavy atom. The molecule has 0 amide bonds. The smallest absolute Gasteiger partial charge is 0.322 e. The first-order valence-electron chi connectivity index (χ1n) is 4.46. The Hall–Kier alpha value is 0.200. The molecule has 0 spiro atoms. The fourth-order valence-electron chi connectivity index (χ4n) is 1.22. The van der Waals surface area contributed by atoms with E-state index < -0.39 is 12.0 Å². The van der Waals surface area contributed by atoms with Crippen LogP contribution in [0.5, 0.6) is 5.75 Å². The third kappa shape index (κ3) is 4.76. The molecule has 0 saturated carbocycles. The van der Waals surface area contributed by atoms with Gasteiger partial charge in [0.2, 0.25) is 0 Å². The van der Waals surface area contributed by atoms with Crippen LogP contribution in [0.4, 0.5) is 0 Å². The molecule has 0 fully saturated rings.